The topological polar surface area (TPSA) is 63.3 Å². The average molecular weight is 853 g/mol. The Balaban J connectivity index is 0.000000389. The molecule has 1 N–H and O–H groups in total. The Hall–Kier alpha value is -3.53. The molecule has 0 aliphatic heterocycles. The fraction of sp³-hybridized carbons (Fsp3) is 0.422. The van der Waals surface area contributed by atoms with Gasteiger partial charge in [-0.25, -0.2) is 0 Å². The molecule has 2 aromatic heterocycles. The van der Waals surface area contributed by atoms with Crippen LogP contribution >= 0.6 is 0 Å². The van der Waals surface area contributed by atoms with Crippen LogP contribution < -0.4 is 0 Å². The third-order valence-electron chi connectivity index (χ3n) is 9.06. The second-order valence-electron chi connectivity index (χ2n) is 15.0. The summed E-state index contributed by atoms with van der Waals surface area (Å²) in [5, 5.41) is 12.8. The van der Waals surface area contributed by atoms with Gasteiger partial charge in [0, 0.05) is 63.6 Å². The Labute approximate surface area is 317 Å². The van der Waals surface area contributed by atoms with Gasteiger partial charge in [0.05, 0.1) is 5.76 Å². The fourth-order valence-corrected chi connectivity index (χ4v) is 6.22. The summed E-state index contributed by atoms with van der Waals surface area (Å²) >= 11 is 0. The molecule has 4 nitrogen and oxygen atoms in total. The number of fused-ring (bicyclic) bond motifs is 2. The van der Waals surface area contributed by atoms with Gasteiger partial charge in [0.15, 0.2) is 5.78 Å². The van der Waals surface area contributed by atoms with E-state index in [-0.39, 0.29) is 48.9 Å². The third kappa shape index (κ3) is 10.3. The molecule has 1 radical (unpaired) electrons. The molecule has 50 heavy (non-hydrogen) atoms. The van der Waals surface area contributed by atoms with Crippen LogP contribution in [0.2, 0.25) is 0 Å². The van der Waals surface area contributed by atoms with E-state index in [0.29, 0.717) is 16.9 Å². The summed E-state index contributed by atoms with van der Waals surface area (Å²) in [5.41, 5.74) is 4.68. The Bertz CT molecular complexity index is 1990. The van der Waals surface area contributed by atoms with E-state index in [4.69, 9.17) is 7.16 Å². The molecule has 5 rings (SSSR count). The summed E-state index contributed by atoms with van der Waals surface area (Å²) in [5.74, 6) is 1.24. The van der Waals surface area contributed by atoms with Crippen LogP contribution in [-0.4, -0.2) is 15.9 Å². The van der Waals surface area contributed by atoms with Gasteiger partial charge in [-0.1, -0.05) is 117 Å². The van der Waals surface area contributed by atoms with Gasteiger partial charge in [-0.05, 0) is 66.6 Å². The number of allylic oxidation sites excluding steroid dienone is 2. The van der Waals surface area contributed by atoms with Gasteiger partial charge < -0.3 is 9.52 Å². The van der Waals surface area contributed by atoms with Gasteiger partial charge in [-0.15, -0.1) is 29.1 Å². The minimum Gasteiger partial charge on any atom is -0.512 e. The van der Waals surface area contributed by atoms with Crippen LogP contribution in [0.1, 0.15) is 109 Å². The molecule has 0 bridgehead atoms. The molecule has 0 fully saturated rings. The van der Waals surface area contributed by atoms with Crippen LogP contribution in [0.15, 0.2) is 89.2 Å². The minimum atomic E-state index is -1.51. The number of aromatic nitrogens is 1. The van der Waals surface area contributed by atoms with Crippen molar-refractivity contribution in [1.82, 2.24) is 4.98 Å². The van der Waals surface area contributed by atoms with Gasteiger partial charge >= 0.3 is 0 Å². The molecular weight excluding hydrogens is 795 g/mol. The van der Waals surface area contributed by atoms with Crippen molar-refractivity contribution < 1.29 is 37.2 Å². The number of nitrogens with zero attached hydrogens (tertiary/aromatic N) is 1. The van der Waals surface area contributed by atoms with Crippen molar-refractivity contribution in [1.29, 1.82) is 0 Å². The second kappa shape index (κ2) is 17.6. The van der Waals surface area contributed by atoms with Crippen molar-refractivity contribution in [3.8, 4) is 22.6 Å². The van der Waals surface area contributed by atoms with E-state index in [1.54, 1.807) is 6.20 Å². The number of aliphatic hydroxyl groups is 1. The summed E-state index contributed by atoms with van der Waals surface area (Å²) in [7, 11) is 0. The minimum absolute atomic E-state index is 0. The van der Waals surface area contributed by atoms with Crippen LogP contribution in [0.4, 0.5) is 0 Å². The Morgan fingerprint density at radius 2 is 1.54 bits per heavy atom. The molecule has 0 saturated heterocycles. The molecule has 0 saturated carbocycles. The predicted molar refractivity (Wildman–Crippen MR) is 207 cm³/mol. The number of carbonyl (C=O) groups is 1. The van der Waals surface area contributed by atoms with Crippen LogP contribution in [0, 0.1) is 23.3 Å². The standard InChI is InChI=1S/C32H32NO.C13H24O2.Ir/c1-31(2,3)20-23-11-9-13-29-26(23)19-30(34-29)22-14-15-33-28(18-22)24-16-21-10-7-8-12-25(21)27(17-24)32(4,5)6;1-5-10(6-2)12(14)9-13(15)11(7-3)8-4;/h7-15,17-19H,20H2,1-6H3;9-11,14H,5-8H2,1-4H3;/q-1;;/b;12-9-;/i20D2;;. The fourth-order valence-electron chi connectivity index (χ4n) is 6.22. The van der Waals surface area contributed by atoms with Gasteiger partial charge in [0.2, 0.25) is 0 Å². The summed E-state index contributed by atoms with van der Waals surface area (Å²) < 4.78 is 23.9. The zero-order chi connectivity index (χ0) is 37.7. The maximum atomic E-state index is 11.7. The van der Waals surface area contributed by atoms with E-state index < -0.39 is 11.8 Å². The van der Waals surface area contributed by atoms with Gasteiger partial charge in [-0.2, -0.15) is 0 Å². The summed E-state index contributed by atoms with van der Waals surface area (Å²) in [6.07, 6.45) is 5.19. The maximum absolute atomic E-state index is 11.7. The molecule has 0 atom stereocenters. The first-order chi connectivity index (χ1) is 24.0. The zero-order valence-corrected chi connectivity index (χ0v) is 33.9. The number of rotatable bonds is 10. The largest absolute Gasteiger partial charge is 0.512 e. The van der Waals surface area contributed by atoms with Crippen molar-refractivity contribution in [3.63, 3.8) is 0 Å². The SMILES string of the molecule is CCC(CC)C(=O)/C=C(\O)C(CC)CC.[2H]C([2H])(c1cccc2oc(-c3ccnc(-c4[c-]c5ccccc5c(C(C)(C)C)c4)c3)cc12)C(C)(C)C.[Ir]. The molecule has 5 aromatic rings. The maximum Gasteiger partial charge on any atom is 0.162 e. The molecule has 0 amide bonds. The smallest absolute Gasteiger partial charge is 0.162 e. The summed E-state index contributed by atoms with van der Waals surface area (Å²) in [6.45, 7) is 20.5. The molecule has 0 spiro atoms. The van der Waals surface area contributed by atoms with E-state index in [1.165, 1.54) is 17.0 Å². The first-order valence-corrected chi connectivity index (χ1v) is 17.9. The van der Waals surface area contributed by atoms with Crippen LogP contribution in [-0.2, 0) is 36.7 Å². The normalized spacial score (nSPS) is 13.2. The molecule has 0 aliphatic rings. The number of hydrogen-bond donors (Lipinski definition) is 1. The van der Waals surface area contributed by atoms with Crippen LogP contribution in [0.25, 0.3) is 44.3 Å². The number of carbonyl (C=O) groups excluding carboxylic acids is 1. The van der Waals surface area contributed by atoms with Crippen molar-refractivity contribution in [3.05, 3.63) is 102 Å². The Kier molecular flexibility index (Phi) is 13.3. The van der Waals surface area contributed by atoms with Gasteiger partial charge in [-0.3, -0.25) is 9.78 Å². The van der Waals surface area contributed by atoms with Crippen LogP contribution in [0.5, 0.6) is 0 Å². The molecular formula is C45H56IrNO3-. The average Bonchev–Trinajstić information content (AvgIpc) is 3.53. The third-order valence-corrected chi connectivity index (χ3v) is 9.06. The number of pyridine rings is 1. The van der Waals surface area contributed by atoms with Crippen molar-refractivity contribution in [2.75, 3.05) is 0 Å². The van der Waals surface area contributed by atoms with E-state index >= 15 is 0 Å². The predicted octanol–water partition coefficient (Wildman–Crippen LogP) is 12.9. The summed E-state index contributed by atoms with van der Waals surface area (Å²) in [4.78, 5) is 16.4. The molecule has 3 aromatic carbocycles. The van der Waals surface area contributed by atoms with E-state index in [9.17, 15) is 9.90 Å². The zero-order valence-electron chi connectivity index (χ0n) is 33.5. The number of hydrogen-bond acceptors (Lipinski definition) is 4. The van der Waals surface area contributed by atoms with Crippen molar-refractivity contribution in [2.45, 2.75) is 107 Å². The molecule has 0 aliphatic carbocycles. The van der Waals surface area contributed by atoms with Crippen LogP contribution in [0.3, 0.4) is 0 Å². The Morgan fingerprint density at radius 3 is 2.16 bits per heavy atom. The second-order valence-corrected chi connectivity index (χ2v) is 15.0. The molecule has 0 unspecified atom stereocenters. The number of furan rings is 1. The van der Waals surface area contributed by atoms with Gasteiger partial charge in [0.1, 0.15) is 11.3 Å². The first kappa shape index (κ1) is 37.7. The molecule has 2 heterocycles. The van der Waals surface area contributed by atoms with E-state index in [2.05, 4.69) is 56.1 Å². The molecule has 5 heteroatoms. The van der Waals surface area contributed by atoms with Crippen molar-refractivity contribution in [2.24, 2.45) is 17.3 Å². The van der Waals surface area contributed by atoms with Gasteiger partial charge in [0.25, 0.3) is 0 Å². The van der Waals surface area contributed by atoms with E-state index in [1.807, 2.05) is 90.9 Å². The quantitative estimate of drug-likeness (QED) is 0.0864. The number of aliphatic hydroxyl groups excluding tert-OH is 1. The van der Waals surface area contributed by atoms with Crippen molar-refractivity contribution >= 4 is 27.5 Å². The van der Waals surface area contributed by atoms with E-state index in [0.717, 1.165) is 53.3 Å². The first-order valence-electron chi connectivity index (χ1n) is 18.9. The number of ketones is 1. The summed E-state index contributed by atoms with van der Waals surface area (Å²) in [6, 6.07) is 25.7. The monoisotopic (exact) mass is 853 g/mol. The number of benzene rings is 3. The molecule has 269 valence electrons. The Morgan fingerprint density at radius 1 is 0.880 bits per heavy atom.